The summed E-state index contributed by atoms with van der Waals surface area (Å²) in [5, 5.41) is 4.31. The number of pyridine rings is 1. The monoisotopic (exact) mass is 216 g/mol. The maximum absolute atomic E-state index is 5.76. The highest BCUT2D eigenvalue weighted by molar-refractivity contribution is 5.64. The molecule has 2 aromatic rings. The second kappa shape index (κ2) is 4.06. The van der Waals surface area contributed by atoms with Gasteiger partial charge in [-0.25, -0.2) is 0 Å². The molecule has 0 aliphatic heterocycles. The van der Waals surface area contributed by atoms with Crippen molar-refractivity contribution in [2.24, 2.45) is 12.8 Å². The summed E-state index contributed by atoms with van der Waals surface area (Å²) in [5.74, 6) is 0. The Hall–Kier alpha value is -1.68. The molecule has 0 aromatic carbocycles. The van der Waals surface area contributed by atoms with Gasteiger partial charge in [-0.15, -0.1) is 0 Å². The lowest BCUT2D eigenvalue weighted by Crippen LogP contribution is -2.06. The van der Waals surface area contributed by atoms with E-state index in [0.29, 0.717) is 0 Å². The van der Waals surface area contributed by atoms with E-state index in [1.807, 2.05) is 50.1 Å². The Morgan fingerprint density at radius 2 is 2.12 bits per heavy atom. The summed E-state index contributed by atoms with van der Waals surface area (Å²) in [6.07, 6.45) is 3.85. The van der Waals surface area contributed by atoms with Crippen molar-refractivity contribution in [1.82, 2.24) is 14.8 Å². The van der Waals surface area contributed by atoms with E-state index in [4.69, 9.17) is 5.73 Å². The van der Waals surface area contributed by atoms with Crippen molar-refractivity contribution < 1.29 is 0 Å². The zero-order chi connectivity index (χ0) is 11.7. The predicted molar refractivity (Wildman–Crippen MR) is 63.8 cm³/mol. The zero-order valence-electron chi connectivity index (χ0n) is 9.81. The van der Waals surface area contributed by atoms with E-state index in [-0.39, 0.29) is 6.04 Å². The number of aryl methyl sites for hydroxylation is 2. The Balaban J connectivity index is 2.38. The lowest BCUT2D eigenvalue weighted by Gasteiger charge is -2.05. The average Bonchev–Trinajstić information content (AvgIpc) is 2.58. The third-order valence-corrected chi connectivity index (χ3v) is 2.58. The number of hydrogen-bond acceptors (Lipinski definition) is 3. The van der Waals surface area contributed by atoms with Crippen LogP contribution < -0.4 is 5.73 Å². The van der Waals surface area contributed by atoms with Crippen molar-refractivity contribution in [2.45, 2.75) is 19.9 Å². The number of hydrogen-bond donors (Lipinski definition) is 1. The van der Waals surface area contributed by atoms with Crippen LogP contribution in [0.1, 0.15) is 24.4 Å². The van der Waals surface area contributed by atoms with Crippen LogP contribution in [0.15, 0.2) is 24.5 Å². The minimum Gasteiger partial charge on any atom is -0.323 e. The molecule has 2 rings (SSSR count). The fourth-order valence-electron chi connectivity index (χ4n) is 1.72. The highest BCUT2D eigenvalue weighted by Crippen LogP contribution is 2.22. The molecule has 0 amide bonds. The third kappa shape index (κ3) is 1.97. The minimum atomic E-state index is -0.0240. The van der Waals surface area contributed by atoms with Crippen molar-refractivity contribution in [3.63, 3.8) is 0 Å². The molecule has 1 atom stereocenters. The van der Waals surface area contributed by atoms with Crippen LogP contribution in [-0.4, -0.2) is 14.8 Å². The number of nitrogens with zero attached hydrogens (tertiary/aromatic N) is 3. The van der Waals surface area contributed by atoms with Gasteiger partial charge in [-0.1, -0.05) is 6.07 Å². The molecule has 0 saturated carbocycles. The Bertz CT molecular complexity index is 482. The van der Waals surface area contributed by atoms with Crippen LogP contribution >= 0.6 is 0 Å². The second-order valence-corrected chi connectivity index (χ2v) is 4.06. The fraction of sp³-hybridized carbons (Fsp3) is 0.333. The molecule has 0 saturated heterocycles. The molecule has 4 heteroatoms. The molecule has 84 valence electrons. The largest absolute Gasteiger partial charge is 0.323 e. The lowest BCUT2D eigenvalue weighted by atomic mass is 10.1. The maximum Gasteiger partial charge on any atom is 0.0672 e. The molecule has 1 unspecified atom stereocenters. The summed E-state index contributed by atoms with van der Waals surface area (Å²) in [6.45, 7) is 3.92. The fourth-order valence-corrected chi connectivity index (χ4v) is 1.72. The van der Waals surface area contributed by atoms with Gasteiger partial charge in [-0.05, 0) is 19.9 Å². The SMILES string of the molecule is Cc1nn(C)cc1-c1ccc(C(C)N)nc1. The first-order valence-corrected chi connectivity index (χ1v) is 5.30. The van der Waals surface area contributed by atoms with Gasteiger partial charge in [0.15, 0.2) is 0 Å². The quantitative estimate of drug-likeness (QED) is 0.833. The Morgan fingerprint density at radius 3 is 2.56 bits per heavy atom. The van der Waals surface area contributed by atoms with Gasteiger partial charge >= 0.3 is 0 Å². The van der Waals surface area contributed by atoms with Crippen LogP contribution in [0.3, 0.4) is 0 Å². The molecular weight excluding hydrogens is 200 g/mol. The van der Waals surface area contributed by atoms with E-state index in [9.17, 15) is 0 Å². The molecule has 0 aliphatic rings. The van der Waals surface area contributed by atoms with Gasteiger partial charge in [-0.2, -0.15) is 5.10 Å². The molecule has 2 aromatic heterocycles. The summed E-state index contributed by atoms with van der Waals surface area (Å²) < 4.78 is 1.81. The van der Waals surface area contributed by atoms with Crippen molar-refractivity contribution in [1.29, 1.82) is 0 Å². The smallest absolute Gasteiger partial charge is 0.0672 e. The third-order valence-electron chi connectivity index (χ3n) is 2.58. The standard InChI is InChI=1S/C12H16N4/c1-8(13)12-5-4-10(6-14-12)11-7-16(3)15-9(11)2/h4-8H,13H2,1-3H3. The highest BCUT2D eigenvalue weighted by atomic mass is 15.2. The molecular formula is C12H16N4. The first kappa shape index (κ1) is 10.8. The maximum atomic E-state index is 5.76. The van der Waals surface area contributed by atoms with Crippen LogP contribution in [0.25, 0.3) is 11.1 Å². The molecule has 0 fully saturated rings. The van der Waals surface area contributed by atoms with E-state index in [0.717, 1.165) is 22.5 Å². The molecule has 0 spiro atoms. The Kier molecular flexibility index (Phi) is 2.75. The molecule has 2 heterocycles. The summed E-state index contributed by atoms with van der Waals surface area (Å²) in [5.41, 5.74) is 9.87. The summed E-state index contributed by atoms with van der Waals surface area (Å²) >= 11 is 0. The van der Waals surface area contributed by atoms with Gasteiger partial charge in [0.2, 0.25) is 0 Å². The first-order chi connectivity index (χ1) is 7.58. The van der Waals surface area contributed by atoms with Gasteiger partial charge < -0.3 is 5.73 Å². The summed E-state index contributed by atoms with van der Waals surface area (Å²) in [6, 6.07) is 3.98. The predicted octanol–water partition coefficient (Wildman–Crippen LogP) is 1.81. The van der Waals surface area contributed by atoms with Gasteiger partial charge in [0.25, 0.3) is 0 Å². The van der Waals surface area contributed by atoms with E-state index < -0.39 is 0 Å². The Morgan fingerprint density at radius 1 is 1.38 bits per heavy atom. The second-order valence-electron chi connectivity index (χ2n) is 4.06. The molecule has 2 N–H and O–H groups in total. The lowest BCUT2D eigenvalue weighted by molar-refractivity contribution is 0.756. The number of nitrogens with two attached hydrogens (primary N) is 1. The molecule has 0 radical (unpaired) electrons. The number of rotatable bonds is 2. The zero-order valence-corrected chi connectivity index (χ0v) is 9.81. The molecule has 0 aliphatic carbocycles. The first-order valence-electron chi connectivity index (χ1n) is 5.30. The number of aromatic nitrogens is 3. The highest BCUT2D eigenvalue weighted by Gasteiger charge is 2.07. The molecule has 4 nitrogen and oxygen atoms in total. The van der Waals surface area contributed by atoms with E-state index in [2.05, 4.69) is 10.1 Å². The summed E-state index contributed by atoms with van der Waals surface area (Å²) in [7, 11) is 1.92. The summed E-state index contributed by atoms with van der Waals surface area (Å²) in [4.78, 5) is 4.34. The minimum absolute atomic E-state index is 0.0240. The Labute approximate surface area is 95.1 Å². The van der Waals surface area contributed by atoms with E-state index in [1.165, 1.54) is 0 Å². The van der Waals surface area contributed by atoms with Crippen LogP contribution in [0.5, 0.6) is 0 Å². The van der Waals surface area contributed by atoms with Crippen molar-refractivity contribution in [3.8, 4) is 11.1 Å². The normalized spacial score (nSPS) is 12.8. The van der Waals surface area contributed by atoms with Crippen LogP contribution in [-0.2, 0) is 7.05 Å². The van der Waals surface area contributed by atoms with E-state index in [1.54, 1.807) is 0 Å². The van der Waals surface area contributed by atoms with Gasteiger partial charge in [0, 0.05) is 36.6 Å². The average molecular weight is 216 g/mol. The van der Waals surface area contributed by atoms with Crippen molar-refractivity contribution >= 4 is 0 Å². The van der Waals surface area contributed by atoms with Gasteiger partial charge in [-0.3, -0.25) is 9.67 Å². The molecule has 16 heavy (non-hydrogen) atoms. The van der Waals surface area contributed by atoms with Gasteiger partial charge in [0.1, 0.15) is 0 Å². The topological polar surface area (TPSA) is 56.7 Å². The van der Waals surface area contributed by atoms with Crippen LogP contribution in [0, 0.1) is 6.92 Å². The molecule has 0 bridgehead atoms. The van der Waals surface area contributed by atoms with Crippen molar-refractivity contribution in [3.05, 3.63) is 35.9 Å². The van der Waals surface area contributed by atoms with Crippen LogP contribution in [0.2, 0.25) is 0 Å². The van der Waals surface area contributed by atoms with E-state index >= 15 is 0 Å². The van der Waals surface area contributed by atoms with Gasteiger partial charge in [0.05, 0.1) is 11.4 Å². The van der Waals surface area contributed by atoms with Crippen LogP contribution in [0.4, 0.5) is 0 Å². The van der Waals surface area contributed by atoms with Crippen molar-refractivity contribution in [2.75, 3.05) is 0 Å².